The normalized spacial score (nSPS) is 10.4. The Morgan fingerprint density at radius 3 is 2.62 bits per heavy atom. The molecule has 0 aliphatic rings. The first-order chi connectivity index (χ1) is 12.5. The molecule has 6 nitrogen and oxygen atoms in total. The highest BCUT2D eigenvalue weighted by Gasteiger charge is 2.14. The van der Waals surface area contributed by atoms with Crippen LogP contribution in [0.25, 0.3) is 0 Å². The second-order valence-corrected chi connectivity index (χ2v) is 7.16. The van der Waals surface area contributed by atoms with E-state index in [4.69, 9.17) is 23.2 Å². The lowest BCUT2D eigenvalue weighted by Crippen LogP contribution is -2.28. The van der Waals surface area contributed by atoms with Crippen LogP contribution in [0.1, 0.15) is 30.3 Å². The van der Waals surface area contributed by atoms with Crippen LogP contribution in [0.2, 0.25) is 10.0 Å². The van der Waals surface area contributed by atoms with E-state index in [0.29, 0.717) is 15.9 Å². The molecule has 0 fully saturated rings. The fourth-order valence-electron chi connectivity index (χ4n) is 1.90. The van der Waals surface area contributed by atoms with Gasteiger partial charge in [-0.1, -0.05) is 41.9 Å². The van der Waals surface area contributed by atoms with Gasteiger partial charge in [0, 0.05) is 29.4 Å². The Labute approximate surface area is 166 Å². The molecule has 1 aromatic heterocycles. The summed E-state index contributed by atoms with van der Waals surface area (Å²) in [5.74, 6) is 0.198. The van der Waals surface area contributed by atoms with Crippen LogP contribution in [0.3, 0.4) is 0 Å². The highest BCUT2D eigenvalue weighted by atomic mass is 35.5. The second-order valence-electron chi connectivity index (χ2n) is 5.26. The zero-order valence-corrected chi connectivity index (χ0v) is 16.4. The van der Waals surface area contributed by atoms with Crippen molar-refractivity contribution in [3.8, 4) is 0 Å². The molecule has 0 aliphatic carbocycles. The predicted molar refractivity (Wildman–Crippen MR) is 105 cm³/mol. The number of hydrogen-bond acceptors (Lipinski definition) is 5. The molecule has 0 aliphatic heterocycles. The van der Waals surface area contributed by atoms with E-state index in [2.05, 4.69) is 20.6 Å². The summed E-state index contributed by atoms with van der Waals surface area (Å²) in [7, 11) is 0. The lowest BCUT2D eigenvalue weighted by molar-refractivity contribution is -0.116. The third-order valence-electron chi connectivity index (χ3n) is 3.14. The molecule has 2 aromatic rings. The van der Waals surface area contributed by atoms with Crippen molar-refractivity contribution in [2.75, 3.05) is 17.6 Å². The summed E-state index contributed by atoms with van der Waals surface area (Å²) in [5, 5.41) is 6.63. The van der Waals surface area contributed by atoms with E-state index in [-0.39, 0.29) is 29.6 Å². The Hall–Kier alpha value is -1.83. The van der Waals surface area contributed by atoms with E-state index in [0.717, 1.165) is 12.2 Å². The summed E-state index contributed by atoms with van der Waals surface area (Å²) in [6.45, 7) is 2.21. The summed E-state index contributed by atoms with van der Waals surface area (Å²) in [5.41, 5.74) is 0.751. The maximum atomic E-state index is 12.2. The minimum atomic E-state index is -0.435. The molecule has 0 spiro atoms. The zero-order chi connectivity index (χ0) is 18.9. The number of benzene rings is 1. The number of nitrogens with one attached hydrogen (secondary N) is 2. The van der Waals surface area contributed by atoms with Gasteiger partial charge in [-0.15, -0.1) is 0 Å². The average molecular weight is 413 g/mol. The van der Waals surface area contributed by atoms with Crippen molar-refractivity contribution in [1.82, 2.24) is 15.3 Å². The monoisotopic (exact) mass is 412 g/mol. The summed E-state index contributed by atoms with van der Waals surface area (Å²) in [6.07, 6.45) is 2.50. The molecule has 1 heterocycles. The van der Waals surface area contributed by atoms with Gasteiger partial charge in [0.15, 0.2) is 10.9 Å². The van der Waals surface area contributed by atoms with Gasteiger partial charge in [0.05, 0.1) is 11.2 Å². The molecular weight excluding hydrogens is 395 g/mol. The number of aromatic nitrogens is 2. The van der Waals surface area contributed by atoms with Gasteiger partial charge in [-0.05, 0) is 30.7 Å². The highest BCUT2D eigenvalue weighted by Crippen LogP contribution is 2.19. The molecular formula is C17H18Cl2N4O2S. The topological polar surface area (TPSA) is 84.0 Å². The average Bonchev–Trinajstić information content (AvgIpc) is 2.63. The third kappa shape index (κ3) is 6.48. The Balaban J connectivity index is 1.84. The summed E-state index contributed by atoms with van der Waals surface area (Å²) >= 11 is 13.3. The lowest BCUT2D eigenvalue weighted by atomic mass is 10.3. The number of carbonyl (C=O) groups is 2. The molecule has 0 atom stereocenters. The third-order valence-corrected chi connectivity index (χ3v) is 4.73. The number of thioether (sulfide) groups is 1. The Kier molecular flexibility index (Phi) is 8.15. The van der Waals surface area contributed by atoms with Crippen LogP contribution in [0.15, 0.2) is 35.6 Å². The molecule has 9 heteroatoms. The first-order valence-corrected chi connectivity index (χ1v) is 9.72. The van der Waals surface area contributed by atoms with Gasteiger partial charge in [-0.3, -0.25) is 9.59 Å². The van der Waals surface area contributed by atoms with Crippen molar-refractivity contribution < 1.29 is 9.59 Å². The molecule has 0 bridgehead atoms. The van der Waals surface area contributed by atoms with Crippen molar-refractivity contribution in [2.24, 2.45) is 0 Å². The van der Waals surface area contributed by atoms with Crippen molar-refractivity contribution >= 4 is 52.5 Å². The first kappa shape index (κ1) is 20.5. The molecule has 2 N–H and O–H groups in total. The number of amides is 2. The molecule has 2 amide bonds. The van der Waals surface area contributed by atoms with Crippen LogP contribution in [-0.2, 0) is 4.79 Å². The van der Waals surface area contributed by atoms with E-state index in [1.807, 2.05) is 6.92 Å². The van der Waals surface area contributed by atoms with Gasteiger partial charge in [0.25, 0.3) is 5.91 Å². The quantitative estimate of drug-likeness (QED) is 0.504. The van der Waals surface area contributed by atoms with Gasteiger partial charge in [-0.25, -0.2) is 9.97 Å². The molecule has 0 saturated carbocycles. The molecule has 26 heavy (non-hydrogen) atoms. The number of hydrogen-bond donors (Lipinski definition) is 2. The SMILES string of the molecule is CCCSc1ncc(Cl)c(C(=O)NCCC(=O)Nc2ccc(Cl)cc2)n1. The standard InChI is InChI=1S/C17H18Cl2N4O2S/c1-2-9-26-17-21-10-13(19)15(23-17)16(25)20-8-7-14(24)22-12-5-3-11(18)4-6-12/h3-6,10H,2,7-9H2,1H3,(H,20,25)(H,22,24). The van der Waals surface area contributed by atoms with E-state index in [9.17, 15) is 9.59 Å². The summed E-state index contributed by atoms with van der Waals surface area (Å²) < 4.78 is 0. The molecule has 138 valence electrons. The summed E-state index contributed by atoms with van der Waals surface area (Å²) in [6, 6.07) is 6.78. The minimum Gasteiger partial charge on any atom is -0.350 e. The fourth-order valence-corrected chi connectivity index (χ4v) is 2.88. The molecule has 1 aromatic carbocycles. The molecule has 0 saturated heterocycles. The van der Waals surface area contributed by atoms with Gasteiger partial charge in [0.2, 0.25) is 5.91 Å². The van der Waals surface area contributed by atoms with E-state index >= 15 is 0 Å². The molecule has 2 rings (SSSR count). The van der Waals surface area contributed by atoms with Crippen LogP contribution >= 0.6 is 35.0 Å². The van der Waals surface area contributed by atoms with Gasteiger partial charge < -0.3 is 10.6 Å². The Morgan fingerprint density at radius 2 is 1.92 bits per heavy atom. The van der Waals surface area contributed by atoms with Crippen molar-refractivity contribution in [3.05, 3.63) is 46.2 Å². The van der Waals surface area contributed by atoms with E-state index in [1.165, 1.54) is 18.0 Å². The van der Waals surface area contributed by atoms with Gasteiger partial charge in [0.1, 0.15) is 0 Å². The van der Waals surface area contributed by atoms with E-state index in [1.54, 1.807) is 24.3 Å². The number of rotatable bonds is 8. The fraction of sp³-hybridized carbons (Fsp3) is 0.294. The van der Waals surface area contributed by atoms with Crippen molar-refractivity contribution in [1.29, 1.82) is 0 Å². The Bertz CT molecular complexity index is 772. The first-order valence-electron chi connectivity index (χ1n) is 7.98. The van der Waals surface area contributed by atoms with Crippen LogP contribution < -0.4 is 10.6 Å². The lowest BCUT2D eigenvalue weighted by Gasteiger charge is -2.08. The van der Waals surface area contributed by atoms with Crippen LogP contribution in [0.4, 0.5) is 5.69 Å². The number of halogens is 2. The summed E-state index contributed by atoms with van der Waals surface area (Å²) in [4.78, 5) is 32.4. The van der Waals surface area contributed by atoms with Crippen LogP contribution in [-0.4, -0.2) is 34.1 Å². The van der Waals surface area contributed by atoms with Gasteiger partial charge in [-0.2, -0.15) is 0 Å². The van der Waals surface area contributed by atoms with Gasteiger partial charge >= 0.3 is 0 Å². The number of anilines is 1. The molecule has 0 radical (unpaired) electrons. The van der Waals surface area contributed by atoms with Crippen LogP contribution in [0.5, 0.6) is 0 Å². The zero-order valence-electron chi connectivity index (χ0n) is 14.1. The van der Waals surface area contributed by atoms with Crippen LogP contribution in [0, 0.1) is 0 Å². The maximum Gasteiger partial charge on any atom is 0.271 e. The Morgan fingerprint density at radius 1 is 1.19 bits per heavy atom. The minimum absolute atomic E-state index is 0.110. The predicted octanol–water partition coefficient (Wildman–Crippen LogP) is 4.04. The maximum absolute atomic E-state index is 12.2. The number of nitrogens with zero attached hydrogens (tertiary/aromatic N) is 2. The largest absolute Gasteiger partial charge is 0.350 e. The molecule has 0 unspecified atom stereocenters. The van der Waals surface area contributed by atoms with Crippen molar-refractivity contribution in [3.63, 3.8) is 0 Å². The van der Waals surface area contributed by atoms with E-state index < -0.39 is 5.91 Å². The smallest absolute Gasteiger partial charge is 0.271 e. The highest BCUT2D eigenvalue weighted by molar-refractivity contribution is 7.99. The van der Waals surface area contributed by atoms with Crippen molar-refractivity contribution in [2.45, 2.75) is 24.9 Å². The second kappa shape index (κ2) is 10.4. The number of carbonyl (C=O) groups excluding carboxylic acids is 2.